The summed E-state index contributed by atoms with van der Waals surface area (Å²) in [6.07, 6.45) is 3.33. The number of halogens is 2. The summed E-state index contributed by atoms with van der Waals surface area (Å²) in [5.74, 6) is 0. The van der Waals surface area contributed by atoms with E-state index in [1.54, 1.807) is 0 Å². The van der Waals surface area contributed by atoms with Crippen molar-refractivity contribution in [3.8, 4) is 0 Å². The average molecular weight is 273 g/mol. The number of hydrogen-bond donors (Lipinski definition) is 2. The molecule has 2 nitrogen and oxygen atoms in total. The Morgan fingerprint density at radius 1 is 1.29 bits per heavy atom. The number of nitrogens with one attached hydrogen (secondary N) is 1. The van der Waals surface area contributed by atoms with Crippen LogP contribution in [-0.2, 0) is 5.41 Å². The standard InChI is InChI=1S/C13H18Cl2N2/c14-11-3-2-10(8-12(11)15)13(5-6-16)4-1-7-17-9-13/h2-3,8,17H,1,4-7,9,16H2/t13-/m0/s1. The molecule has 1 aliphatic heterocycles. The van der Waals surface area contributed by atoms with Crippen LogP contribution in [0.4, 0.5) is 0 Å². The molecule has 94 valence electrons. The van der Waals surface area contributed by atoms with E-state index < -0.39 is 0 Å². The number of nitrogens with two attached hydrogens (primary N) is 1. The maximum Gasteiger partial charge on any atom is 0.0595 e. The van der Waals surface area contributed by atoms with E-state index >= 15 is 0 Å². The summed E-state index contributed by atoms with van der Waals surface area (Å²) in [7, 11) is 0. The van der Waals surface area contributed by atoms with Gasteiger partial charge in [0.05, 0.1) is 10.0 Å². The Bertz CT molecular complexity index is 381. The summed E-state index contributed by atoms with van der Waals surface area (Å²) in [5, 5.41) is 4.71. The molecule has 0 amide bonds. The van der Waals surface area contributed by atoms with Crippen LogP contribution in [0.25, 0.3) is 0 Å². The predicted molar refractivity (Wildman–Crippen MR) is 73.9 cm³/mol. The first-order valence-corrected chi connectivity index (χ1v) is 6.80. The van der Waals surface area contributed by atoms with E-state index in [0.29, 0.717) is 16.6 Å². The van der Waals surface area contributed by atoms with Gasteiger partial charge < -0.3 is 11.1 Å². The lowest BCUT2D eigenvalue weighted by atomic mass is 9.72. The molecule has 0 aromatic heterocycles. The molecule has 2 rings (SSSR count). The Labute approximate surface area is 112 Å². The van der Waals surface area contributed by atoms with Gasteiger partial charge in [-0.25, -0.2) is 0 Å². The van der Waals surface area contributed by atoms with Crippen molar-refractivity contribution in [2.45, 2.75) is 24.7 Å². The van der Waals surface area contributed by atoms with Crippen LogP contribution in [0, 0.1) is 0 Å². The van der Waals surface area contributed by atoms with E-state index in [4.69, 9.17) is 28.9 Å². The maximum atomic E-state index is 6.11. The first-order chi connectivity index (χ1) is 8.18. The second-order valence-corrected chi connectivity index (χ2v) is 5.54. The molecule has 0 aliphatic carbocycles. The van der Waals surface area contributed by atoms with Crippen LogP contribution < -0.4 is 11.1 Å². The summed E-state index contributed by atoms with van der Waals surface area (Å²) in [6, 6.07) is 5.95. The zero-order valence-electron chi connectivity index (χ0n) is 9.81. The Kier molecular flexibility index (Phi) is 4.31. The molecule has 1 atom stereocenters. The van der Waals surface area contributed by atoms with Gasteiger partial charge in [0.25, 0.3) is 0 Å². The molecule has 0 unspecified atom stereocenters. The fourth-order valence-corrected chi connectivity index (χ4v) is 2.97. The second kappa shape index (κ2) is 5.57. The van der Waals surface area contributed by atoms with E-state index in [1.165, 1.54) is 12.0 Å². The molecule has 0 saturated carbocycles. The van der Waals surface area contributed by atoms with Crippen molar-refractivity contribution < 1.29 is 0 Å². The summed E-state index contributed by atoms with van der Waals surface area (Å²) >= 11 is 12.1. The van der Waals surface area contributed by atoms with E-state index in [-0.39, 0.29) is 5.41 Å². The molecule has 1 heterocycles. The zero-order chi connectivity index (χ0) is 12.3. The molecular formula is C13H18Cl2N2. The Morgan fingerprint density at radius 3 is 2.71 bits per heavy atom. The smallest absolute Gasteiger partial charge is 0.0595 e. The van der Waals surface area contributed by atoms with Crippen LogP contribution in [0.5, 0.6) is 0 Å². The molecule has 0 spiro atoms. The van der Waals surface area contributed by atoms with Gasteiger partial charge in [-0.2, -0.15) is 0 Å². The molecule has 1 fully saturated rings. The van der Waals surface area contributed by atoms with Crippen molar-refractivity contribution in [2.75, 3.05) is 19.6 Å². The third kappa shape index (κ3) is 2.76. The van der Waals surface area contributed by atoms with Gasteiger partial charge in [-0.05, 0) is 50.0 Å². The Hall–Kier alpha value is -0.280. The highest BCUT2D eigenvalue weighted by Crippen LogP contribution is 2.37. The number of rotatable bonds is 3. The first-order valence-electron chi connectivity index (χ1n) is 6.04. The van der Waals surface area contributed by atoms with E-state index in [0.717, 1.165) is 25.9 Å². The maximum absolute atomic E-state index is 6.11. The highest BCUT2D eigenvalue weighted by atomic mass is 35.5. The normalized spacial score (nSPS) is 24.9. The fraction of sp³-hybridized carbons (Fsp3) is 0.538. The molecule has 4 heteroatoms. The second-order valence-electron chi connectivity index (χ2n) is 4.73. The van der Waals surface area contributed by atoms with E-state index in [1.807, 2.05) is 12.1 Å². The van der Waals surface area contributed by atoms with Crippen molar-refractivity contribution in [1.29, 1.82) is 0 Å². The largest absolute Gasteiger partial charge is 0.330 e. The minimum absolute atomic E-state index is 0.126. The SMILES string of the molecule is NCC[C@@]1(c2ccc(Cl)c(Cl)c2)CCCNC1. The topological polar surface area (TPSA) is 38.0 Å². The van der Waals surface area contributed by atoms with Crippen LogP contribution in [0.15, 0.2) is 18.2 Å². The van der Waals surface area contributed by atoms with Gasteiger partial charge in [0, 0.05) is 12.0 Å². The highest BCUT2D eigenvalue weighted by molar-refractivity contribution is 6.42. The highest BCUT2D eigenvalue weighted by Gasteiger charge is 2.33. The summed E-state index contributed by atoms with van der Waals surface area (Å²) in [5.41, 5.74) is 7.14. The number of benzene rings is 1. The molecule has 3 N–H and O–H groups in total. The van der Waals surface area contributed by atoms with Crippen molar-refractivity contribution in [1.82, 2.24) is 5.32 Å². The quantitative estimate of drug-likeness (QED) is 0.888. The van der Waals surface area contributed by atoms with Crippen LogP contribution >= 0.6 is 23.2 Å². The molecule has 17 heavy (non-hydrogen) atoms. The van der Waals surface area contributed by atoms with Crippen molar-refractivity contribution >= 4 is 23.2 Å². The van der Waals surface area contributed by atoms with Crippen LogP contribution in [0.3, 0.4) is 0 Å². The van der Waals surface area contributed by atoms with Gasteiger partial charge in [-0.3, -0.25) is 0 Å². The lowest BCUT2D eigenvalue weighted by Gasteiger charge is -2.38. The molecule has 1 saturated heterocycles. The summed E-state index contributed by atoms with van der Waals surface area (Å²) in [6.45, 7) is 2.76. The third-order valence-corrected chi connectivity index (χ3v) is 4.37. The number of piperidine rings is 1. The van der Waals surface area contributed by atoms with E-state index in [9.17, 15) is 0 Å². The monoisotopic (exact) mass is 272 g/mol. The molecule has 1 aliphatic rings. The van der Waals surface area contributed by atoms with Gasteiger partial charge >= 0.3 is 0 Å². The van der Waals surface area contributed by atoms with Gasteiger partial charge in [0.2, 0.25) is 0 Å². The number of hydrogen-bond acceptors (Lipinski definition) is 2. The van der Waals surface area contributed by atoms with Crippen molar-refractivity contribution in [2.24, 2.45) is 5.73 Å². The molecule has 1 aromatic carbocycles. The minimum atomic E-state index is 0.126. The van der Waals surface area contributed by atoms with Crippen LogP contribution in [0.2, 0.25) is 10.0 Å². The van der Waals surface area contributed by atoms with Gasteiger partial charge in [0.1, 0.15) is 0 Å². The first kappa shape index (κ1) is 13.2. The fourth-order valence-electron chi connectivity index (χ4n) is 2.67. The predicted octanol–water partition coefficient (Wildman–Crippen LogP) is 2.96. The Morgan fingerprint density at radius 2 is 2.12 bits per heavy atom. The molecule has 1 aromatic rings. The molecule has 0 radical (unpaired) electrons. The summed E-state index contributed by atoms with van der Waals surface area (Å²) in [4.78, 5) is 0. The van der Waals surface area contributed by atoms with Gasteiger partial charge in [-0.15, -0.1) is 0 Å². The van der Waals surface area contributed by atoms with E-state index in [2.05, 4.69) is 11.4 Å². The minimum Gasteiger partial charge on any atom is -0.330 e. The summed E-state index contributed by atoms with van der Waals surface area (Å²) < 4.78 is 0. The van der Waals surface area contributed by atoms with Crippen molar-refractivity contribution in [3.63, 3.8) is 0 Å². The average Bonchev–Trinajstić information content (AvgIpc) is 2.34. The lowest BCUT2D eigenvalue weighted by Crippen LogP contribution is -2.44. The Balaban J connectivity index is 2.34. The third-order valence-electron chi connectivity index (χ3n) is 3.63. The molecule has 0 bridgehead atoms. The van der Waals surface area contributed by atoms with Gasteiger partial charge in [-0.1, -0.05) is 29.3 Å². The van der Waals surface area contributed by atoms with Crippen LogP contribution in [0.1, 0.15) is 24.8 Å². The van der Waals surface area contributed by atoms with Crippen LogP contribution in [-0.4, -0.2) is 19.6 Å². The molecular weight excluding hydrogens is 255 g/mol. The lowest BCUT2D eigenvalue weighted by molar-refractivity contribution is 0.296. The zero-order valence-corrected chi connectivity index (χ0v) is 11.3. The van der Waals surface area contributed by atoms with Crippen molar-refractivity contribution in [3.05, 3.63) is 33.8 Å². The van der Waals surface area contributed by atoms with Gasteiger partial charge in [0.15, 0.2) is 0 Å².